The van der Waals surface area contributed by atoms with Crippen LogP contribution in [0.3, 0.4) is 0 Å². The minimum absolute atomic E-state index is 0.00791. The average molecular weight is 443 g/mol. The first kappa shape index (κ1) is 22.5. The summed E-state index contributed by atoms with van der Waals surface area (Å²) < 4.78 is 1.50. The first-order valence-corrected chi connectivity index (χ1v) is 11.2. The fraction of sp³-hybridized carbons (Fsp3) is 0.308. The number of fused-ring (bicyclic) bond motifs is 2. The summed E-state index contributed by atoms with van der Waals surface area (Å²) >= 11 is 0. The molecule has 0 aliphatic heterocycles. The predicted octanol–water partition coefficient (Wildman–Crippen LogP) is 4.87. The SMILES string of the molecule is CC[C@@H](C)NC(=O)c1c(N)n(/N=C\c2ccc(C(C)(C)C)cc2)c2nc3ccccc3nc12. The van der Waals surface area contributed by atoms with Crippen LogP contribution in [0, 0.1) is 0 Å². The molecule has 3 N–H and O–H groups in total. The molecule has 1 atom stereocenters. The first-order chi connectivity index (χ1) is 15.7. The third kappa shape index (κ3) is 4.44. The number of carbonyl (C=O) groups excluding carboxylic acids is 1. The zero-order valence-electron chi connectivity index (χ0n) is 19.8. The second kappa shape index (κ2) is 8.65. The number of anilines is 1. The maximum absolute atomic E-state index is 13.1. The van der Waals surface area contributed by atoms with Gasteiger partial charge in [0, 0.05) is 6.04 Å². The summed E-state index contributed by atoms with van der Waals surface area (Å²) in [6.45, 7) is 10.5. The largest absolute Gasteiger partial charge is 0.383 e. The number of amides is 1. The zero-order valence-corrected chi connectivity index (χ0v) is 19.8. The van der Waals surface area contributed by atoms with Gasteiger partial charge in [0.15, 0.2) is 5.65 Å². The quantitative estimate of drug-likeness (QED) is 0.431. The summed E-state index contributed by atoms with van der Waals surface area (Å²) in [5.41, 5.74) is 11.3. The molecule has 4 aromatic rings. The van der Waals surface area contributed by atoms with Crippen molar-refractivity contribution in [2.45, 2.75) is 52.5 Å². The van der Waals surface area contributed by atoms with Gasteiger partial charge in [-0.3, -0.25) is 4.79 Å². The van der Waals surface area contributed by atoms with Crippen LogP contribution in [-0.2, 0) is 5.41 Å². The Balaban J connectivity index is 1.83. The van der Waals surface area contributed by atoms with Crippen LogP contribution in [0.25, 0.3) is 22.2 Å². The van der Waals surface area contributed by atoms with Crippen molar-refractivity contribution in [3.05, 3.63) is 65.2 Å². The number of para-hydroxylation sites is 2. The Morgan fingerprint density at radius 1 is 1.12 bits per heavy atom. The fourth-order valence-corrected chi connectivity index (χ4v) is 3.58. The minimum Gasteiger partial charge on any atom is -0.383 e. The van der Waals surface area contributed by atoms with E-state index in [2.05, 4.69) is 43.3 Å². The van der Waals surface area contributed by atoms with Gasteiger partial charge in [0.1, 0.15) is 16.9 Å². The van der Waals surface area contributed by atoms with E-state index >= 15 is 0 Å². The lowest BCUT2D eigenvalue weighted by molar-refractivity contribution is 0.0941. The van der Waals surface area contributed by atoms with E-state index in [9.17, 15) is 4.79 Å². The van der Waals surface area contributed by atoms with E-state index in [-0.39, 0.29) is 23.2 Å². The topological polar surface area (TPSA) is 98.2 Å². The Morgan fingerprint density at radius 3 is 2.36 bits per heavy atom. The molecule has 0 unspecified atom stereocenters. The third-order valence-electron chi connectivity index (χ3n) is 5.79. The second-order valence-corrected chi connectivity index (χ2v) is 9.36. The Hall–Kier alpha value is -3.74. The Morgan fingerprint density at radius 2 is 1.76 bits per heavy atom. The van der Waals surface area contributed by atoms with Crippen molar-refractivity contribution < 1.29 is 4.79 Å². The van der Waals surface area contributed by atoms with Gasteiger partial charge in [0.2, 0.25) is 0 Å². The molecule has 4 rings (SSSR count). The molecule has 2 heterocycles. The standard InChI is InChI=1S/C26H30N6O/c1-6-16(2)29-25(33)21-22-24(31-20-10-8-7-9-19(20)30-22)32(23(21)27)28-15-17-11-13-18(14-12-17)26(3,4)5/h7-16H,6,27H2,1-5H3,(H,29,33)/b28-15-/t16-/m1/s1. The predicted molar refractivity (Wildman–Crippen MR) is 135 cm³/mol. The molecule has 0 fully saturated rings. The molecule has 2 aromatic heterocycles. The van der Waals surface area contributed by atoms with Crippen LogP contribution < -0.4 is 11.1 Å². The van der Waals surface area contributed by atoms with E-state index in [0.29, 0.717) is 27.8 Å². The van der Waals surface area contributed by atoms with Gasteiger partial charge in [-0.25, -0.2) is 9.97 Å². The number of benzene rings is 2. The maximum atomic E-state index is 13.1. The number of aromatic nitrogens is 3. The molecule has 0 saturated carbocycles. The highest BCUT2D eigenvalue weighted by atomic mass is 16.1. The summed E-state index contributed by atoms with van der Waals surface area (Å²) in [5.74, 6) is -0.0661. The average Bonchev–Trinajstić information content (AvgIpc) is 3.05. The molecule has 1 amide bonds. The zero-order chi connectivity index (χ0) is 23.8. The van der Waals surface area contributed by atoms with E-state index in [1.165, 1.54) is 10.2 Å². The number of rotatable bonds is 5. The first-order valence-electron chi connectivity index (χ1n) is 11.2. The molecular weight excluding hydrogens is 412 g/mol. The number of hydrogen-bond acceptors (Lipinski definition) is 5. The molecule has 0 bridgehead atoms. The molecule has 170 valence electrons. The number of nitrogens with two attached hydrogens (primary N) is 1. The number of nitrogen functional groups attached to an aromatic ring is 1. The third-order valence-corrected chi connectivity index (χ3v) is 5.79. The van der Waals surface area contributed by atoms with Crippen LogP contribution in [0.4, 0.5) is 5.82 Å². The molecule has 0 saturated heterocycles. The molecular formula is C26H30N6O. The lowest BCUT2D eigenvalue weighted by Crippen LogP contribution is -2.32. The number of hydrogen-bond donors (Lipinski definition) is 2. The van der Waals surface area contributed by atoms with Gasteiger partial charge < -0.3 is 11.1 Å². The van der Waals surface area contributed by atoms with Crippen molar-refractivity contribution in [2.75, 3.05) is 5.73 Å². The highest BCUT2D eigenvalue weighted by molar-refractivity contribution is 6.10. The summed E-state index contributed by atoms with van der Waals surface area (Å²) in [7, 11) is 0. The van der Waals surface area contributed by atoms with Gasteiger partial charge in [0.05, 0.1) is 17.2 Å². The maximum Gasteiger partial charge on any atom is 0.257 e. The summed E-state index contributed by atoms with van der Waals surface area (Å²) in [4.78, 5) is 22.5. The van der Waals surface area contributed by atoms with Crippen molar-refractivity contribution in [3.63, 3.8) is 0 Å². The second-order valence-electron chi connectivity index (χ2n) is 9.36. The number of nitrogens with zero attached hydrogens (tertiary/aromatic N) is 4. The van der Waals surface area contributed by atoms with Crippen LogP contribution >= 0.6 is 0 Å². The van der Waals surface area contributed by atoms with Gasteiger partial charge in [-0.1, -0.05) is 64.1 Å². The van der Waals surface area contributed by atoms with Crippen molar-refractivity contribution in [1.29, 1.82) is 0 Å². The molecule has 33 heavy (non-hydrogen) atoms. The van der Waals surface area contributed by atoms with E-state index in [4.69, 9.17) is 15.7 Å². The molecule has 7 nitrogen and oxygen atoms in total. The van der Waals surface area contributed by atoms with E-state index in [1.807, 2.05) is 50.2 Å². The fourth-order valence-electron chi connectivity index (χ4n) is 3.58. The van der Waals surface area contributed by atoms with Gasteiger partial charge in [-0.2, -0.15) is 9.78 Å². The van der Waals surface area contributed by atoms with Crippen molar-refractivity contribution in [2.24, 2.45) is 5.10 Å². The lowest BCUT2D eigenvalue weighted by atomic mass is 9.87. The van der Waals surface area contributed by atoms with Crippen LogP contribution in [0.5, 0.6) is 0 Å². The van der Waals surface area contributed by atoms with Crippen LogP contribution in [-0.4, -0.2) is 32.8 Å². The van der Waals surface area contributed by atoms with E-state index < -0.39 is 0 Å². The van der Waals surface area contributed by atoms with Crippen molar-refractivity contribution in [3.8, 4) is 0 Å². The Kier molecular flexibility index (Phi) is 5.89. The van der Waals surface area contributed by atoms with Crippen molar-refractivity contribution >= 4 is 40.1 Å². The van der Waals surface area contributed by atoms with Crippen molar-refractivity contribution in [1.82, 2.24) is 20.0 Å². The molecule has 7 heteroatoms. The number of carbonyl (C=O) groups is 1. The normalized spacial score (nSPS) is 13.1. The monoisotopic (exact) mass is 442 g/mol. The highest BCUT2D eigenvalue weighted by Gasteiger charge is 2.24. The summed E-state index contributed by atoms with van der Waals surface area (Å²) in [6.07, 6.45) is 2.52. The lowest BCUT2D eigenvalue weighted by Gasteiger charge is -2.18. The van der Waals surface area contributed by atoms with Gasteiger partial charge in [-0.05, 0) is 42.0 Å². The molecule has 0 aliphatic rings. The van der Waals surface area contributed by atoms with Gasteiger partial charge in [-0.15, -0.1) is 0 Å². The van der Waals surface area contributed by atoms with Gasteiger partial charge >= 0.3 is 0 Å². The Bertz CT molecular complexity index is 1350. The molecule has 0 spiro atoms. The summed E-state index contributed by atoms with van der Waals surface area (Å²) in [6, 6.07) is 15.8. The van der Waals surface area contributed by atoms with Crippen LogP contribution in [0.2, 0.25) is 0 Å². The van der Waals surface area contributed by atoms with E-state index in [0.717, 1.165) is 12.0 Å². The van der Waals surface area contributed by atoms with Crippen LogP contribution in [0.15, 0.2) is 53.6 Å². The summed E-state index contributed by atoms with van der Waals surface area (Å²) in [5, 5.41) is 7.57. The smallest absolute Gasteiger partial charge is 0.257 e. The highest BCUT2D eigenvalue weighted by Crippen LogP contribution is 2.28. The minimum atomic E-state index is -0.278. The van der Waals surface area contributed by atoms with E-state index in [1.54, 1.807) is 6.21 Å². The Labute approximate surface area is 193 Å². The molecule has 2 aromatic carbocycles. The van der Waals surface area contributed by atoms with Crippen LogP contribution in [0.1, 0.15) is 62.5 Å². The number of nitrogens with one attached hydrogen (secondary N) is 1. The van der Waals surface area contributed by atoms with Gasteiger partial charge in [0.25, 0.3) is 5.91 Å². The molecule has 0 aliphatic carbocycles. The molecule has 0 radical (unpaired) electrons.